The number of ether oxygens (including phenoxy) is 1. The second-order valence-electron chi connectivity index (χ2n) is 7.92. The summed E-state index contributed by atoms with van der Waals surface area (Å²) in [4.78, 5) is 25.7. The van der Waals surface area contributed by atoms with E-state index in [0.717, 1.165) is 5.56 Å². The fraction of sp³-hybridized carbons (Fsp3) is 0.333. The van der Waals surface area contributed by atoms with Crippen LogP contribution in [0.4, 0.5) is 0 Å². The number of carbonyl (C=O) groups excluding carboxylic acids is 2. The van der Waals surface area contributed by atoms with E-state index in [1.54, 1.807) is 12.1 Å². The molecule has 2 aliphatic rings. The number of carbonyl (C=O) groups is 2. The average molecular weight is 426 g/mol. The number of benzene rings is 2. The Kier molecular flexibility index (Phi) is 5.56. The molecule has 2 aromatic carbocycles. The molecule has 1 aliphatic heterocycles. The zero-order chi connectivity index (χ0) is 21.4. The summed E-state index contributed by atoms with van der Waals surface area (Å²) < 4.78 is 5.49. The Morgan fingerprint density at radius 1 is 1.10 bits per heavy atom. The molecule has 0 bridgehead atoms. The molecular formula is C24H24ClNO4. The molecule has 2 N–H and O–H groups in total. The molecule has 0 saturated carbocycles. The molecule has 2 atom stereocenters. The van der Waals surface area contributed by atoms with Gasteiger partial charge in [-0.3, -0.25) is 9.59 Å². The highest BCUT2D eigenvalue weighted by molar-refractivity contribution is 6.32. The molecule has 0 radical (unpaired) electrons. The van der Waals surface area contributed by atoms with Crippen LogP contribution in [0.25, 0.3) is 0 Å². The van der Waals surface area contributed by atoms with Crippen LogP contribution in [0.3, 0.4) is 0 Å². The number of ketones is 1. The molecule has 6 heteroatoms. The van der Waals surface area contributed by atoms with Crippen molar-refractivity contribution < 1.29 is 19.4 Å². The zero-order valence-electron chi connectivity index (χ0n) is 17.0. The summed E-state index contributed by atoms with van der Waals surface area (Å²) in [7, 11) is 0. The molecule has 0 spiro atoms. The highest BCUT2D eigenvalue weighted by atomic mass is 35.5. The van der Waals surface area contributed by atoms with E-state index in [9.17, 15) is 14.7 Å². The Morgan fingerprint density at radius 2 is 1.83 bits per heavy atom. The standard InChI is InChI=1S/C24H24ClNO4/c1-3-30-21-11-16(8-18(25)24(21)29)17-12-22(28)26-19-9-15(10-20(27)23(17)19)14-6-4-13(2)5-7-14/h4-8,11,15,17,29H,3,9-10,12H2,1-2H3,(H,26,28). The maximum Gasteiger partial charge on any atom is 0.225 e. The third-order valence-electron chi connectivity index (χ3n) is 5.84. The van der Waals surface area contributed by atoms with Crippen LogP contribution < -0.4 is 10.1 Å². The number of hydrogen-bond donors (Lipinski definition) is 2. The molecule has 0 saturated heterocycles. The smallest absolute Gasteiger partial charge is 0.225 e. The second-order valence-corrected chi connectivity index (χ2v) is 8.33. The van der Waals surface area contributed by atoms with Gasteiger partial charge in [-0.05, 0) is 49.4 Å². The zero-order valence-corrected chi connectivity index (χ0v) is 17.8. The van der Waals surface area contributed by atoms with Gasteiger partial charge in [-0.15, -0.1) is 0 Å². The number of rotatable bonds is 4. The number of nitrogens with one attached hydrogen (secondary N) is 1. The first-order valence-electron chi connectivity index (χ1n) is 10.1. The minimum absolute atomic E-state index is 0.0361. The Balaban J connectivity index is 1.73. The van der Waals surface area contributed by atoms with Crippen molar-refractivity contribution >= 4 is 23.3 Å². The molecule has 2 unspecified atom stereocenters. The van der Waals surface area contributed by atoms with Gasteiger partial charge in [-0.2, -0.15) is 0 Å². The number of Topliss-reactive ketones (excluding diaryl/α,β-unsaturated/α-hetero) is 1. The summed E-state index contributed by atoms with van der Waals surface area (Å²) in [6, 6.07) is 11.5. The summed E-state index contributed by atoms with van der Waals surface area (Å²) >= 11 is 6.21. The highest BCUT2D eigenvalue weighted by Gasteiger charge is 2.38. The molecular weight excluding hydrogens is 402 g/mol. The summed E-state index contributed by atoms with van der Waals surface area (Å²) in [5, 5.41) is 13.2. The minimum Gasteiger partial charge on any atom is -0.503 e. The SMILES string of the molecule is CCOc1cc(C2CC(=O)NC3=C2C(=O)CC(c2ccc(C)cc2)C3)cc(Cl)c1O. The van der Waals surface area contributed by atoms with Crippen LogP contribution in [0.5, 0.6) is 11.5 Å². The lowest BCUT2D eigenvalue weighted by Gasteiger charge is -2.34. The number of hydrogen-bond acceptors (Lipinski definition) is 4. The first kappa shape index (κ1) is 20.5. The van der Waals surface area contributed by atoms with Crippen molar-refractivity contribution in [3.8, 4) is 11.5 Å². The monoisotopic (exact) mass is 425 g/mol. The average Bonchev–Trinajstić information content (AvgIpc) is 2.71. The van der Waals surface area contributed by atoms with E-state index in [-0.39, 0.29) is 40.6 Å². The van der Waals surface area contributed by atoms with Crippen LogP contribution in [0.2, 0.25) is 5.02 Å². The fourth-order valence-corrected chi connectivity index (χ4v) is 4.60. The summed E-state index contributed by atoms with van der Waals surface area (Å²) in [5.74, 6) is -0.330. The maximum absolute atomic E-state index is 13.2. The van der Waals surface area contributed by atoms with E-state index in [1.165, 1.54) is 5.56 Å². The van der Waals surface area contributed by atoms with Crippen molar-refractivity contribution in [1.82, 2.24) is 5.32 Å². The van der Waals surface area contributed by atoms with Crippen LogP contribution in [-0.2, 0) is 9.59 Å². The molecule has 30 heavy (non-hydrogen) atoms. The van der Waals surface area contributed by atoms with Gasteiger partial charge in [0, 0.05) is 30.0 Å². The summed E-state index contributed by atoms with van der Waals surface area (Å²) in [6.07, 6.45) is 1.17. The van der Waals surface area contributed by atoms with Crippen LogP contribution in [0.1, 0.15) is 54.7 Å². The van der Waals surface area contributed by atoms with Crippen molar-refractivity contribution in [2.45, 2.75) is 44.9 Å². The second kappa shape index (κ2) is 8.15. The van der Waals surface area contributed by atoms with Gasteiger partial charge in [-0.25, -0.2) is 0 Å². The van der Waals surface area contributed by atoms with E-state index in [4.69, 9.17) is 16.3 Å². The topological polar surface area (TPSA) is 75.6 Å². The number of phenols is 1. The minimum atomic E-state index is -0.405. The van der Waals surface area contributed by atoms with Gasteiger partial charge in [0.25, 0.3) is 0 Å². The van der Waals surface area contributed by atoms with Crippen LogP contribution >= 0.6 is 11.6 Å². The van der Waals surface area contributed by atoms with E-state index in [2.05, 4.69) is 17.4 Å². The van der Waals surface area contributed by atoms with Gasteiger partial charge in [0.1, 0.15) is 0 Å². The predicted molar refractivity (Wildman–Crippen MR) is 115 cm³/mol. The Labute approximate surface area is 180 Å². The van der Waals surface area contributed by atoms with E-state index < -0.39 is 5.92 Å². The van der Waals surface area contributed by atoms with Crippen molar-refractivity contribution in [3.63, 3.8) is 0 Å². The van der Waals surface area contributed by atoms with Gasteiger partial charge in [0.2, 0.25) is 5.91 Å². The lowest BCUT2D eigenvalue weighted by molar-refractivity contribution is -0.122. The van der Waals surface area contributed by atoms with Crippen molar-refractivity contribution in [3.05, 3.63) is 69.4 Å². The van der Waals surface area contributed by atoms with Gasteiger partial charge >= 0.3 is 0 Å². The molecule has 0 fully saturated rings. The summed E-state index contributed by atoms with van der Waals surface area (Å²) in [6.45, 7) is 4.20. The number of phenolic OH excluding ortho intramolecular Hbond substituents is 1. The van der Waals surface area contributed by atoms with Crippen molar-refractivity contribution in [2.24, 2.45) is 0 Å². The number of aryl methyl sites for hydroxylation is 1. The normalized spacial score (nSPS) is 21.3. The largest absolute Gasteiger partial charge is 0.503 e. The van der Waals surface area contributed by atoms with E-state index >= 15 is 0 Å². The van der Waals surface area contributed by atoms with Crippen LogP contribution in [-0.4, -0.2) is 23.4 Å². The third kappa shape index (κ3) is 3.82. The lowest BCUT2D eigenvalue weighted by atomic mass is 9.73. The molecule has 5 nitrogen and oxygen atoms in total. The van der Waals surface area contributed by atoms with E-state index in [1.807, 2.05) is 26.0 Å². The highest BCUT2D eigenvalue weighted by Crippen LogP contribution is 2.45. The molecule has 0 aromatic heterocycles. The Morgan fingerprint density at radius 3 is 2.53 bits per heavy atom. The van der Waals surface area contributed by atoms with Crippen LogP contribution in [0.15, 0.2) is 47.7 Å². The quantitative estimate of drug-likeness (QED) is 0.740. The lowest BCUT2D eigenvalue weighted by Crippen LogP contribution is -2.38. The molecule has 2 aromatic rings. The number of aromatic hydroxyl groups is 1. The fourth-order valence-electron chi connectivity index (χ4n) is 4.38. The van der Waals surface area contributed by atoms with Gasteiger partial charge in [0.05, 0.1) is 11.6 Å². The molecule has 1 amide bonds. The number of halogens is 1. The molecule has 156 valence electrons. The predicted octanol–water partition coefficient (Wildman–Crippen LogP) is 4.76. The van der Waals surface area contributed by atoms with Gasteiger partial charge in [-0.1, -0.05) is 41.4 Å². The van der Waals surface area contributed by atoms with Crippen LogP contribution in [0, 0.1) is 6.92 Å². The first-order valence-corrected chi connectivity index (χ1v) is 10.5. The molecule has 1 heterocycles. The van der Waals surface area contributed by atoms with Gasteiger partial charge in [0.15, 0.2) is 17.3 Å². The van der Waals surface area contributed by atoms with E-state index in [0.29, 0.717) is 36.3 Å². The van der Waals surface area contributed by atoms with Crippen molar-refractivity contribution in [2.75, 3.05) is 6.61 Å². The summed E-state index contributed by atoms with van der Waals surface area (Å²) in [5.41, 5.74) is 4.30. The third-order valence-corrected chi connectivity index (χ3v) is 6.13. The maximum atomic E-state index is 13.2. The molecule has 4 rings (SSSR count). The first-order chi connectivity index (χ1) is 14.4. The Bertz CT molecular complexity index is 1040. The number of allylic oxidation sites excluding steroid dienone is 2. The Hall–Kier alpha value is -2.79. The van der Waals surface area contributed by atoms with Crippen molar-refractivity contribution in [1.29, 1.82) is 0 Å². The van der Waals surface area contributed by atoms with Gasteiger partial charge < -0.3 is 15.2 Å². The number of amides is 1. The molecule has 1 aliphatic carbocycles.